The van der Waals surface area contributed by atoms with E-state index in [1.54, 1.807) is 0 Å². The molecule has 5 nitrogen and oxygen atoms in total. The highest BCUT2D eigenvalue weighted by Crippen LogP contribution is 2.34. The van der Waals surface area contributed by atoms with Gasteiger partial charge in [-0.1, -0.05) is 33.6 Å². The second kappa shape index (κ2) is 7.26. The monoisotopic (exact) mass is 448 g/mol. The minimum Gasteiger partial charge on any atom is -0.481 e. The number of aliphatic carboxylic acids is 1. The van der Waals surface area contributed by atoms with E-state index in [-0.39, 0.29) is 5.92 Å². The van der Waals surface area contributed by atoms with Gasteiger partial charge in [-0.2, -0.15) is 0 Å². The Morgan fingerprint density at radius 1 is 1.44 bits per heavy atom. The smallest absolute Gasteiger partial charge is 0.307 e. The molecule has 1 unspecified atom stereocenters. The third-order valence-electron chi connectivity index (χ3n) is 5.03. The average Bonchev–Trinajstić information content (AvgIpc) is 3.25. The van der Waals surface area contributed by atoms with Crippen molar-refractivity contribution in [2.45, 2.75) is 19.9 Å². The minimum atomic E-state index is -0.725. The van der Waals surface area contributed by atoms with Crippen molar-refractivity contribution in [3.05, 3.63) is 51.0 Å². The van der Waals surface area contributed by atoms with E-state index in [1.165, 1.54) is 0 Å². The predicted molar refractivity (Wildman–Crippen MR) is 108 cm³/mol. The molecule has 0 spiro atoms. The zero-order chi connectivity index (χ0) is 19.1. The van der Waals surface area contributed by atoms with Crippen LogP contribution in [0.1, 0.15) is 17.5 Å². The summed E-state index contributed by atoms with van der Waals surface area (Å²) in [6, 6.07) is 9.74. The van der Waals surface area contributed by atoms with Gasteiger partial charge in [0.2, 0.25) is 5.89 Å². The number of carboxylic acid groups (broad SMARTS) is 1. The number of hydrogen-bond acceptors (Lipinski definition) is 4. The molecule has 3 aromatic rings. The topological polar surface area (TPSA) is 66.6 Å². The van der Waals surface area contributed by atoms with Crippen LogP contribution in [0.15, 0.2) is 39.2 Å². The second-order valence-electron chi connectivity index (χ2n) is 6.92. The number of nitrogens with zero attached hydrogens (tertiary/aromatic N) is 2. The summed E-state index contributed by atoms with van der Waals surface area (Å²) in [7, 11) is 0. The van der Waals surface area contributed by atoms with Crippen LogP contribution in [0, 0.1) is 12.8 Å². The molecular formula is C20H18BrClN2O3. The highest BCUT2D eigenvalue weighted by molar-refractivity contribution is 9.10. The van der Waals surface area contributed by atoms with Crippen molar-refractivity contribution >= 4 is 44.6 Å². The van der Waals surface area contributed by atoms with Gasteiger partial charge in [-0.15, -0.1) is 0 Å². The lowest BCUT2D eigenvalue weighted by Crippen LogP contribution is -2.22. The predicted octanol–water partition coefficient (Wildman–Crippen LogP) is 5.13. The molecule has 140 valence electrons. The quantitative estimate of drug-likeness (QED) is 0.598. The van der Waals surface area contributed by atoms with Crippen LogP contribution in [-0.2, 0) is 11.3 Å². The summed E-state index contributed by atoms with van der Waals surface area (Å²) >= 11 is 9.98. The zero-order valence-corrected chi connectivity index (χ0v) is 17.0. The second-order valence-corrected chi connectivity index (χ2v) is 8.18. The van der Waals surface area contributed by atoms with Gasteiger partial charge in [0.15, 0.2) is 5.58 Å². The molecule has 2 aromatic carbocycles. The molecule has 27 heavy (non-hydrogen) atoms. The van der Waals surface area contributed by atoms with Crippen molar-refractivity contribution in [3.8, 4) is 11.5 Å². The maximum Gasteiger partial charge on any atom is 0.307 e. The summed E-state index contributed by atoms with van der Waals surface area (Å²) in [4.78, 5) is 17.9. The van der Waals surface area contributed by atoms with E-state index >= 15 is 0 Å². The Kier molecular flexibility index (Phi) is 4.97. The van der Waals surface area contributed by atoms with Crippen molar-refractivity contribution in [2.75, 3.05) is 13.1 Å². The number of carboxylic acids is 1. The molecule has 1 fully saturated rings. The summed E-state index contributed by atoms with van der Waals surface area (Å²) in [5, 5.41) is 9.68. The van der Waals surface area contributed by atoms with Crippen molar-refractivity contribution in [3.63, 3.8) is 0 Å². The van der Waals surface area contributed by atoms with E-state index in [2.05, 4.69) is 25.8 Å². The normalized spacial score (nSPS) is 17.7. The fourth-order valence-electron chi connectivity index (χ4n) is 3.53. The number of aromatic nitrogens is 1. The number of benzene rings is 2. The average molecular weight is 450 g/mol. The first kappa shape index (κ1) is 18.5. The van der Waals surface area contributed by atoms with Crippen LogP contribution in [-0.4, -0.2) is 34.0 Å². The molecule has 7 heteroatoms. The van der Waals surface area contributed by atoms with Crippen LogP contribution in [0.4, 0.5) is 0 Å². The SMILES string of the molecule is Cc1c(Br)cccc1-c1nc2cc(CN3CCC(C(=O)O)C3)cc(Cl)c2o1. The summed E-state index contributed by atoms with van der Waals surface area (Å²) in [5.41, 5.74) is 4.25. The Bertz CT molecular complexity index is 1030. The van der Waals surface area contributed by atoms with Gasteiger partial charge in [0.1, 0.15) is 5.52 Å². The fraction of sp³-hybridized carbons (Fsp3) is 0.300. The number of likely N-dealkylation sites (tertiary alicyclic amines) is 1. The minimum absolute atomic E-state index is 0.289. The van der Waals surface area contributed by atoms with Crippen LogP contribution in [0.3, 0.4) is 0 Å². The van der Waals surface area contributed by atoms with Gasteiger partial charge in [0, 0.05) is 23.1 Å². The number of hydrogen-bond donors (Lipinski definition) is 1. The molecule has 1 N–H and O–H groups in total. The summed E-state index contributed by atoms with van der Waals surface area (Å²) in [6.45, 7) is 3.99. The van der Waals surface area contributed by atoms with E-state index in [9.17, 15) is 4.79 Å². The number of carbonyl (C=O) groups is 1. The third kappa shape index (κ3) is 3.61. The number of halogens is 2. The number of oxazole rings is 1. The van der Waals surface area contributed by atoms with E-state index in [0.29, 0.717) is 41.5 Å². The first-order valence-corrected chi connectivity index (χ1v) is 9.89. The van der Waals surface area contributed by atoms with Gasteiger partial charge in [-0.25, -0.2) is 4.98 Å². The van der Waals surface area contributed by atoms with Crippen molar-refractivity contribution in [1.29, 1.82) is 0 Å². The lowest BCUT2D eigenvalue weighted by Gasteiger charge is -2.15. The molecule has 2 heterocycles. The Morgan fingerprint density at radius 3 is 3.00 bits per heavy atom. The summed E-state index contributed by atoms with van der Waals surface area (Å²) < 4.78 is 6.94. The van der Waals surface area contributed by atoms with E-state index in [0.717, 1.165) is 27.7 Å². The van der Waals surface area contributed by atoms with E-state index in [4.69, 9.17) is 21.1 Å². The standard InChI is InChI=1S/C20H18BrClN2O3/c1-11-14(3-2-4-15(11)21)19-23-17-8-12(7-16(22)18(17)27-19)9-24-6-5-13(10-24)20(25)26/h2-4,7-8,13H,5-6,9-10H2,1H3,(H,25,26). The maximum absolute atomic E-state index is 11.1. The molecule has 0 aliphatic carbocycles. The Balaban J connectivity index is 1.64. The molecule has 1 aliphatic rings. The molecule has 1 saturated heterocycles. The van der Waals surface area contributed by atoms with Crippen LogP contribution in [0.5, 0.6) is 0 Å². The van der Waals surface area contributed by atoms with Crippen molar-refractivity contribution in [2.24, 2.45) is 5.92 Å². The molecule has 4 rings (SSSR count). The van der Waals surface area contributed by atoms with Gasteiger partial charge in [-0.3, -0.25) is 9.69 Å². The van der Waals surface area contributed by atoms with Crippen molar-refractivity contribution in [1.82, 2.24) is 9.88 Å². The number of fused-ring (bicyclic) bond motifs is 1. The Hall–Kier alpha value is -1.89. The van der Waals surface area contributed by atoms with Crippen LogP contribution in [0.2, 0.25) is 5.02 Å². The molecule has 1 aliphatic heterocycles. The van der Waals surface area contributed by atoms with Gasteiger partial charge < -0.3 is 9.52 Å². The number of rotatable bonds is 4. The molecule has 1 aromatic heterocycles. The Morgan fingerprint density at radius 2 is 2.26 bits per heavy atom. The molecule has 1 atom stereocenters. The first-order valence-electron chi connectivity index (χ1n) is 8.72. The Labute approximate surface area is 170 Å². The third-order valence-corrected chi connectivity index (χ3v) is 6.17. The van der Waals surface area contributed by atoms with Gasteiger partial charge in [0.05, 0.1) is 10.9 Å². The fourth-order valence-corrected chi connectivity index (χ4v) is 4.17. The molecule has 0 radical (unpaired) electrons. The zero-order valence-electron chi connectivity index (χ0n) is 14.7. The summed E-state index contributed by atoms with van der Waals surface area (Å²) in [5.74, 6) is -0.478. The van der Waals surface area contributed by atoms with Crippen LogP contribution in [0.25, 0.3) is 22.6 Å². The highest BCUT2D eigenvalue weighted by atomic mass is 79.9. The maximum atomic E-state index is 11.1. The van der Waals surface area contributed by atoms with Crippen LogP contribution < -0.4 is 0 Å². The van der Waals surface area contributed by atoms with E-state index < -0.39 is 5.97 Å². The highest BCUT2D eigenvalue weighted by Gasteiger charge is 2.28. The molecule has 0 bridgehead atoms. The molecular weight excluding hydrogens is 432 g/mol. The van der Waals surface area contributed by atoms with Crippen molar-refractivity contribution < 1.29 is 14.3 Å². The molecule has 0 amide bonds. The van der Waals surface area contributed by atoms with Gasteiger partial charge in [0.25, 0.3) is 0 Å². The first-order chi connectivity index (χ1) is 12.9. The lowest BCUT2D eigenvalue weighted by atomic mass is 10.1. The largest absolute Gasteiger partial charge is 0.481 e. The van der Waals surface area contributed by atoms with Gasteiger partial charge >= 0.3 is 5.97 Å². The van der Waals surface area contributed by atoms with Gasteiger partial charge in [-0.05, 0) is 55.3 Å². The molecule has 0 saturated carbocycles. The summed E-state index contributed by atoms with van der Waals surface area (Å²) in [6.07, 6.45) is 0.682. The lowest BCUT2D eigenvalue weighted by molar-refractivity contribution is -0.141. The van der Waals surface area contributed by atoms with E-state index in [1.807, 2.05) is 37.3 Å². The van der Waals surface area contributed by atoms with Crippen LogP contribution >= 0.6 is 27.5 Å².